The Hall–Kier alpha value is -1.06. The second-order valence-electron chi connectivity index (χ2n) is 4.52. The summed E-state index contributed by atoms with van der Waals surface area (Å²) in [5, 5.41) is 0. The van der Waals surface area contributed by atoms with Crippen molar-refractivity contribution in [1.82, 2.24) is 0 Å². The molecular weight excluding hydrogens is 228 g/mol. The minimum absolute atomic E-state index is 0.253. The lowest BCUT2D eigenvalue weighted by Crippen LogP contribution is -2.04. The van der Waals surface area contributed by atoms with E-state index in [0.717, 1.165) is 24.3 Å². The van der Waals surface area contributed by atoms with Gasteiger partial charge < -0.3 is 14.2 Å². The van der Waals surface area contributed by atoms with E-state index in [-0.39, 0.29) is 6.29 Å². The maximum Gasteiger partial charge on any atom is 0.187 e. The molecule has 0 unspecified atom stereocenters. The summed E-state index contributed by atoms with van der Waals surface area (Å²) in [5.74, 6) is 0.890. The van der Waals surface area contributed by atoms with Crippen LogP contribution < -0.4 is 4.74 Å². The Morgan fingerprint density at radius 1 is 1.11 bits per heavy atom. The number of rotatable bonds is 7. The van der Waals surface area contributed by atoms with Crippen molar-refractivity contribution in [2.24, 2.45) is 0 Å². The van der Waals surface area contributed by atoms with Gasteiger partial charge in [-0.3, -0.25) is 0 Å². The molecule has 0 bridgehead atoms. The van der Waals surface area contributed by atoms with E-state index in [1.807, 2.05) is 24.3 Å². The Bertz CT molecular complexity index is 345. The van der Waals surface area contributed by atoms with Crippen molar-refractivity contribution in [2.75, 3.05) is 19.8 Å². The molecule has 0 N–H and O–H groups in total. The molecule has 0 spiro atoms. The Morgan fingerprint density at radius 3 is 2.67 bits per heavy atom. The van der Waals surface area contributed by atoms with Gasteiger partial charge in [-0.25, -0.2) is 0 Å². The van der Waals surface area contributed by atoms with E-state index in [1.165, 1.54) is 19.3 Å². The largest absolute Gasteiger partial charge is 0.493 e. The molecular formula is C15H22O3. The van der Waals surface area contributed by atoms with E-state index >= 15 is 0 Å². The topological polar surface area (TPSA) is 27.7 Å². The van der Waals surface area contributed by atoms with Crippen LogP contribution in [-0.2, 0) is 9.47 Å². The van der Waals surface area contributed by atoms with E-state index in [4.69, 9.17) is 14.2 Å². The number of ether oxygens (including phenoxy) is 3. The number of benzene rings is 1. The van der Waals surface area contributed by atoms with Crippen LogP contribution in [0.4, 0.5) is 0 Å². The van der Waals surface area contributed by atoms with Crippen molar-refractivity contribution in [2.45, 2.75) is 38.9 Å². The van der Waals surface area contributed by atoms with Crippen molar-refractivity contribution in [3.05, 3.63) is 29.8 Å². The van der Waals surface area contributed by atoms with Crippen LogP contribution in [0.15, 0.2) is 24.3 Å². The summed E-state index contributed by atoms with van der Waals surface area (Å²) in [6.45, 7) is 4.31. The molecule has 1 aliphatic rings. The molecule has 1 aromatic carbocycles. The maximum atomic E-state index is 5.84. The lowest BCUT2D eigenvalue weighted by atomic mass is 10.2. The number of hydrogen-bond donors (Lipinski definition) is 0. The van der Waals surface area contributed by atoms with E-state index in [0.29, 0.717) is 13.2 Å². The standard InChI is InChI=1S/C15H22O3/c1-2-3-4-7-10-16-14-9-6-5-8-13(14)15-17-11-12-18-15/h5-6,8-9,15H,2-4,7,10-12H2,1H3. The van der Waals surface area contributed by atoms with Gasteiger partial charge in [0.1, 0.15) is 5.75 Å². The highest BCUT2D eigenvalue weighted by Gasteiger charge is 2.21. The average molecular weight is 250 g/mol. The first-order valence-electron chi connectivity index (χ1n) is 6.86. The van der Waals surface area contributed by atoms with Gasteiger partial charge in [-0.2, -0.15) is 0 Å². The van der Waals surface area contributed by atoms with E-state index in [2.05, 4.69) is 6.92 Å². The SMILES string of the molecule is CCCCCCOc1ccccc1C1OCCO1. The Balaban J connectivity index is 1.86. The molecule has 1 heterocycles. The maximum absolute atomic E-state index is 5.84. The first-order chi connectivity index (χ1) is 8.92. The molecule has 2 rings (SSSR count). The summed E-state index contributed by atoms with van der Waals surface area (Å²) in [4.78, 5) is 0. The molecule has 100 valence electrons. The highest BCUT2D eigenvalue weighted by Crippen LogP contribution is 2.31. The molecule has 1 saturated heterocycles. The quantitative estimate of drug-likeness (QED) is 0.691. The third-order valence-corrected chi connectivity index (χ3v) is 3.05. The number of para-hydroxylation sites is 1. The smallest absolute Gasteiger partial charge is 0.187 e. The van der Waals surface area contributed by atoms with Crippen molar-refractivity contribution < 1.29 is 14.2 Å². The summed E-state index contributed by atoms with van der Waals surface area (Å²) in [6.07, 6.45) is 4.61. The fourth-order valence-corrected chi connectivity index (χ4v) is 2.06. The minimum Gasteiger partial charge on any atom is -0.493 e. The Labute approximate surface area is 109 Å². The highest BCUT2D eigenvalue weighted by molar-refractivity contribution is 5.34. The Morgan fingerprint density at radius 2 is 1.89 bits per heavy atom. The van der Waals surface area contributed by atoms with E-state index in [9.17, 15) is 0 Å². The van der Waals surface area contributed by atoms with E-state index in [1.54, 1.807) is 0 Å². The number of unbranched alkanes of at least 4 members (excludes halogenated alkanes) is 3. The first kappa shape index (κ1) is 13.4. The minimum atomic E-state index is -0.253. The van der Waals surface area contributed by atoms with Crippen molar-refractivity contribution in [3.63, 3.8) is 0 Å². The second kappa shape index (κ2) is 7.39. The molecule has 3 nitrogen and oxygen atoms in total. The zero-order valence-electron chi connectivity index (χ0n) is 11.1. The third-order valence-electron chi connectivity index (χ3n) is 3.05. The predicted octanol–water partition coefficient (Wildman–Crippen LogP) is 3.69. The highest BCUT2D eigenvalue weighted by atomic mass is 16.7. The van der Waals surface area contributed by atoms with Crippen LogP contribution in [0.5, 0.6) is 5.75 Å². The number of hydrogen-bond acceptors (Lipinski definition) is 3. The molecule has 1 fully saturated rings. The van der Waals surface area contributed by atoms with Crippen molar-refractivity contribution in [3.8, 4) is 5.75 Å². The van der Waals surface area contributed by atoms with E-state index < -0.39 is 0 Å². The van der Waals surface area contributed by atoms with Crippen LogP contribution in [0.1, 0.15) is 44.5 Å². The normalized spacial score (nSPS) is 16.1. The van der Waals surface area contributed by atoms with Gasteiger partial charge in [-0.15, -0.1) is 0 Å². The zero-order valence-corrected chi connectivity index (χ0v) is 11.1. The molecule has 1 aromatic rings. The van der Waals surface area contributed by atoms with Crippen LogP contribution in [-0.4, -0.2) is 19.8 Å². The van der Waals surface area contributed by atoms with Crippen LogP contribution in [0.3, 0.4) is 0 Å². The third kappa shape index (κ3) is 3.72. The molecule has 18 heavy (non-hydrogen) atoms. The first-order valence-corrected chi connectivity index (χ1v) is 6.86. The predicted molar refractivity (Wildman–Crippen MR) is 70.7 cm³/mol. The molecule has 0 saturated carbocycles. The fraction of sp³-hybridized carbons (Fsp3) is 0.600. The summed E-state index contributed by atoms with van der Waals surface area (Å²) >= 11 is 0. The zero-order chi connectivity index (χ0) is 12.6. The van der Waals surface area contributed by atoms with Gasteiger partial charge in [0.25, 0.3) is 0 Å². The molecule has 0 amide bonds. The summed E-state index contributed by atoms with van der Waals surface area (Å²) in [5.41, 5.74) is 1.01. The lowest BCUT2D eigenvalue weighted by Gasteiger charge is -2.15. The van der Waals surface area contributed by atoms with Gasteiger partial charge in [0.05, 0.1) is 19.8 Å². The van der Waals surface area contributed by atoms with Crippen LogP contribution in [0, 0.1) is 0 Å². The van der Waals surface area contributed by atoms with Gasteiger partial charge in [-0.05, 0) is 12.5 Å². The fourth-order valence-electron chi connectivity index (χ4n) is 2.06. The molecule has 0 aromatic heterocycles. The summed E-state index contributed by atoms with van der Waals surface area (Å²) in [6, 6.07) is 7.97. The van der Waals surface area contributed by atoms with Crippen LogP contribution >= 0.6 is 0 Å². The molecule has 0 aliphatic carbocycles. The molecule has 0 radical (unpaired) electrons. The van der Waals surface area contributed by atoms with Gasteiger partial charge in [0.2, 0.25) is 0 Å². The van der Waals surface area contributed by atoms with Crippen molar-refractivity contribution in [1.29, 1.82) is 0 Å². The van der Waals surface area contributed by atoms with Crippen molar-refractivity contribution >= 4 is 0 Å². The van der Waals surface area contributed by atoms with Gasteiger partial charge in [-0.1, -0.05) is 44.4 Å². The lowest BCUT2D eigenvalue weighted by molar-refractivity contribution is -0.0457. The Kier molecular flexibility index (Phi) is 5.49. The molecule has 1 aliphatic heterocycles. The van der Waals surface area contributed by atoms with Crippen LogP contribution in [0.2, 0.25) is 0 Å². The summed E-state index contributed by atoms with van der Waals surface area (Å²) in [7, 11) is 0. The van der Waals surface area contributed by atoms with Crippen LogP contribution in [0.25, 0.3) is 0 Å². The summed E-state index contributed by atoms with van der Waals surface area (Å²) < 4.78 is 16.9. The monoisotopic (exact) mass is 250 g/mol. The van der Waals surface area contributed by atoms with Gasteiger partial charge >= 0.3 is 0 Å². The van der Waals surface area contributed by atoms with Gasteiger partial charge in [0.15, 0.2) is 6.29 Å². The molecule has 0 atom stereocenters. The average Bonchev–Trinajstić information content (AvgIpc) is 2.93. The second-order valence-corrected chi connectivity index (χ2v) is 4.52. The van der Waals surface area contributed by atoms with Gasteiger partial charge in [0, 0.05) is 5.56 Å². The molecule has 3 heteroatoms.